The fraction of sp³-hybridized carbons (Fsp3) is 0.417. The zero-order valence-corrected chi connectivity index (χ0v) is 10.6. The Hall–Kier alpha value is -1.06. The highest BCUT2D eigenvalue weighted by molar-refractivity contribution is 5.85. The Morgan fingerprint density at radius 2 is 2.06 bits per heavy atom. The minimum absolute atomic E-state index is 0. The van der Waals surface area contributed by atoms with Crippen LogP contribution in [0.4, 0.5) is 0 Å². The minimum atomic E-state index is -0.280. The molecule has 0 saturated carbocycles. The Morgan fingerprint density at radius 3 is 2.56 bits per heavy atom. The monoisotopic (exact) mass is 243 g/mol. The second-order valence-corrected chi connectivity index (χ2v) is 3.75. The predicted octanol–water partition coefficient (Wildman–Crippen LogP) is 2.29. The summed E-state index contributed by atoms with van der Waals surface area (Å²) in [5, 5.41) is 0. The van der Waals surface area contributed by atoms with E-state index in [1.165, 1.54) is 12.7 Å². The van der Waals surface area contributed by atoms with Crippen molar-refractivity contribution in [2.24, 2.45) is 5.73 Å². The lowest BCUT2D eigenvalue weighted by Gasteiger charge is -2.13. The molecular formula is C12H18ClNO2. The second kappa shape index (κ2) is 6.51. The summed E-state index contributed by atoms with van der Waals surface area (Å²) >= 11 is 0. The van der Waals surface area contributed by atoms with E-state index < -0.39 is 0 Å². The highest BCUT2D eigenvalue weighted by Gasteiger charge is 2.13. The third-order valence-corrected chi connectivity index (χ3v) is 2.44. The van der Waals surface area contributed by atoms with Crippen LogP contribution in [-0.2, 0) is 9.53 Å². The third kappa shape index (κ3) is 3.83. The van der Waals surface area contributed by atoms with Gasteiger partial charge in [0.2, 0.25) is 0 Å². The topological polar surface area (TPSA) is 52.3 Å². The van der Waals surface area contributed by atoms with E-state index in [2.05, 4.69) is 10.8 Å². The van der Waals surface area contributed by atoms with Crippen LogP contribution in [-0.4, -0.2) is 13.1 Å². The first-order valence-corrected chi connectivity index (χ1v) is 4.94. The number of nitrogens with two attached hydrogens (primary N) is 1. The maximum Gasteiger partial charge on any atom is 0.307 e. The standard InChI is InChI=1S/C12H17NO2.ClH/c1-8-4-5-10(9(2)6-8)11(13)7-12(14)15-3;/h4-6,11H,7,13H2,1-3H3;1H/t11-;/m0./s1. The first kappa shape index (κ1) is 14.9. The van der Waals surface area contributed by atoms with Gasteiger partial charge in [0.05, 0.1) is 13.5 Å². The summed E-state index contributed by atoms with van der Waals surface area (Å²) < 4.78 is 4.59. The van der Waals surface area contributed by atoms with Crippen LogP contribution in [0.25, 0.3) is 0 Å². The number of hydrogen-bond acceptors (Lipinski definition) is 3. The van der Waals surface area contributed by atoms with Crippen molar-refractivity contribution in [2.45, 2.75) is 26.3 Å². The number of esters is 1. The average molecular weight is 244 g/mol. The molecule has 0 fully saturated rings. The molecule has 1 aromatic carbocycles. The van der Waals surface area contributed by atoms with Crippen LogP contribution in [0, 0.1) is 13.8 Å². The van der Waals surface area contributed by atoms with Crippen LogP contribution in [0.5, 0.6) is 0 Å². The van der Waals surface area contributed by atoms with Crippen molar-refractivity contribution >= 4 is 18.4 Å². The van der Waals surface area contributed by atoms with Gasteiger partial charge in [0.15, 0.2) is 0 Å². The minimum Gasteiger partial charge on any atom is -0.469 e. The molecule has 2 N–H and O–H groups in total. The number of benzene rings is 1. The first-order chi connectivity index (χ1) is 7.04. The lowest BCUT2D eigenvalue weighted by molar-refractivity contribution is -0.141. The van der Waals surface area contributed by atoms with E-state index in [0.29, 0.717) is 0 Å². The van der Waals surface area contributed by atoms with Gasteiger partial charge >= 0.3 is 5.97 Å². The third-order valence-electron chi connectivity index (χ3n) is 2.44. The van der Waals surface area contributed by atoms with Crippen molar-refractivity contribution in [3.05, 3.63) is 34.9 Å². The number of carbonyl (C=O) groups is 1. The molecule has 0 spiro atoms. The van der Waals surface area contributed by atoms with Crippen LogP contribution in [0.15, 0.2) is 18.2 Å². The molecule has 0 aromatic heterocycles. The Kier molecular flexibility index (Phi) is 6.08. The zero-order valence-electron chi connectivity index (χ0n) is 9.82. The number of aryl methyl sites for hydroxylation is 2. The average Bonchev–Trinajstić information content (AvgIpc) is 2.17. The first-order valence-electron chi connectivity index (χ1n) is 4.94. The van der Waals surface area contributed by atoms with Crippen molar-refractivity contribution in [1.29, 1.82) is 0 Å². The quantitative estimate of drug-likeness (QED) is 0.829. The summed E-state index contributed by atoms with van der Waals surface area (Å²) in [6.45, 7) is 4.03. The maximum atomic E-state index is 11.1. The van der Waals surface area contributed by atoms with E-state index in [0.717, 1.165) is 11.1 Å². The van der Waals surface area contributed by atoms with Crippen LogP contribution >= 0.6 is 12.4 Å². The summed E-state index contributed by atoms with van der Waals surface area (Å²) in [6, 6.07) is 5.75. The van der Waals surface area contributed by atoms with E-state index in [-0.39, 0.29) is 30.8 Å². The van der Waals surface area contributed by atoms with Gasteiger partial charge < -0.3 is 10.5 Å². The molecule has 0 heterocycles. The molecule has 0 saturated heterocycles. The van der Waals surface area contributed by atoms with Crippen LogP contribution in [0.3, 0.4) is 0 Å². The molecule has 0 radical (unpaired) electrons. The fourth-order valence-electron chi connectivity index (χ4n) is 1.61. The largest absolute Gasteiger partial charge is 0.469 e. The van der Waals surface area contributed by atoms with Crippen LogP contribution in [0.1, 0.15) is 29.2 Å². The summed E-state index contributed by atoms with van der Waals surface area (Å²) in [5.41, 5.74) is 9.24. The summed E-state index contributed by atoms with van der Waals surface area (Å²) in [6.07, 6.45) is 0.223. The van der Waals surface area contributed by atoms with Crippen LogP contribution in [0.2, 0.25) is 0 Å². The van der Waals surface area contributed by atoms with Gasteiger partial charge in [-0.1, -0.05) is 23.8 Å². The van der Waals surface area contributed by atoms with Gasteiger partial charge in [0, 0.05) is 6.04 Å². The number of carbonyl (C=O) groups excluding carboxylic acids is 1. The maximum absolute atomic E-state index is 11.1. The summed E-state index contributed by atoms with van der Waals surface area (Å²) in [4.78, 5) is 11.1. The molecular weight excluding hydrogens is 226 g/mol. The van der Waals surface area contributed by atoms with Gasteiger partial charge in [0.1, 0.15) is 0 Å². The summed E-state index contributed by atoms with van der Waals surface area (Å²) in [5.74, 6) is -0.275. The predicted molar refractivity (Wildman–Crippen MR) is 66.7 cm³/mol. The molecule has 0 aliphatic heterocycles. The number of ether oxygens (including phenoxy) is 1. The molecule has 1 aromatic rings. The molecule has 3 nitrogen and oxygen atoms in total. The smallest absolute Gasteiger partial charge is 0.307 e. The van der Waals surface area contributed by atoms with Crippen molar-refractivity contribution < 1.29 is 9.53 Å². The Labute approximate surface area is 102 Å². The van der Waals surface area contributed by atoms with Gasteiger partial charge in [0.25, 0.3) is 0 Å². The molecule has 0 aliphatic carbocycles. The fourth-order valence-corrected chi connectivity index (χ4v) is 1.61. The van der Waals surface area contributed by atoms with Crippen molar-refractivity contribution in [1.82, 2.24) is 0 Å². The molecule has 0 aliphatic rings. The zero-order chi connectivity index (χ0) is 11.4. The van der Waals surface area contributed by atoms with Crippen molar-refractivity contribution in [3.8, 4) is 0 Å². The van der Waals surface area contributed by atoms with Gasteiger partial charge in [-0.3, -0.25) is 4.79 Å². The lowest BCUT2D eigenvalue weighted by Crippen LogP contribution is -2.17. The molecule has 90 valence electrons. The lowest BCUT2D eigenvalue weighted by atomic mass is 9.98. The molecule has 16 heavy (non-hydrogen) atoms. The van der Waals surface area contributed by atoms with Gasteiger partial charge in [-0.05, 0) is 25.0 Å². The Morgan fingerprint density at radius 1 is 1.44 bits per heavy atom. The van der Waals surface area contributed by atoms with E-state index >= 15 is 0 Å². The Balaban J connectivity index is 0.00000225. The molecule has 1 rings (SSSR count). The molecule has 0 unspecified atom stereocenters. The van der Waals surface area contributed by atoms with Crippen molar-refractivity contribution in [2.75, 3.05) is 7.11 Å². The highest BCUT2D eigenvalue weighted by Crippen LogP contribution is 2.19. The molecule has 1 atom stereocenters. The molecule has 0 bridgehead atoms. The molecule has 4 heteroatoms. The number of rotatable bonds is 3. The highest BCUT2D eigenvalue weighted by atomic mass is 35.5. The van der Waals surface area contributed by atoms with Gasteiger partial charge in [-0.2, -0.15) is 0 Å². The van der Waals surface area contributed by atoms with Gasteiger partial charge in [-0.15, -0.1) is 12.4 Å². The van der Waals surface area contributed by atoms with E-state index in [9.17, 15) is 4.79 Å². The Bertz CT molecular complexity index is 366. The molecule has 0 amide bonds. The van der Waals surface area contributed by atoms with E-state index in [4.69, 9.17) is 5.73 Å². The summed E-state index contributed by atoms with van der Waals surface area (Å²) in [7, 11) is 1.37. The SMILES string of the molecule is COC(=O)C[C@H](N)c1ccc(C)cc1C.Cl. The van der Waals surface area contributed by atoms with Gasteiger partial charge in [-0.25, -0.2) is 0 Å². The van der Waals surface area contributed by atoms with E-state index in [1.807, 2.05) is 26.0 Å². The van der Waals surface area contributed by atoms with Crippen molar-refractivity contribution in [3.63, 3.8) is 0 Å². The number of methoxy groups -OCH3 is 1. The van der Waals surface area contributed by atoms with E-state index in [1.54, 1.807) is 0 Å². The normalized spacial score (nSPS) is 11.5. The number of hydrogen-bond donors (Lipinski definition) is 1. The number of halogens is 1. The second-order valence-electron chi connectivity index (χ2n) is 3.75. The van der Waals surface area contributed by atoms with Crippen LogP contribution < -0.4 is 5.73 Å².